The van der Waals surface area contributed by atoms with Gasteiger partial charge in [0, 0.05) is 6.07 Å². The minimum atomic E-state index is -1.04. The number of rotatable bonds is 5. The van der Waals surface area contributed by atoms with E-state index in [1.54, 1.807) is 37.3 Å². The van der Waals surface area contributed by atoms with Gasteiger partial charge >= 0.3 is 11.9 Å². The zero-order valence-corrected chi connectivity index (χ0v) is 18.5. The average molecular weight is 451 g/mol. The number of nitrogens with zero attached hydrogens (tertiary/aromatic N) is 2. The number of methoxy groups -OCH3 is 3. The summed E-state index contributed by atoms with van der Waals surface area (Å²) in [5, 5.41) is 10.0. The molecule has 0 radical (unpaired) electrons. The molecule has 9 heteroatoms. The number of nitriles is 1. The number of anilines is 1. The molecule has 0 fully saturated rings. The normalized spacial score (nSPS) is 15.8. The second-order valence-corrected chi connectivity index (χ2v) is 7.11. The van der Waals surface area contributed by atoms with E-state index in [1.165, 1.54) is 19.2 Å². The quantitative estimate of drug-likeness (QED) is 0.690. The third kappa shape index (κ3) is 3.99. The number of benzene rings is 2. The van der Waals surface area contributed by atoms with Crippen molar-refractivity contribution in [1.29, 1.82) is 5.26 Å². The van der Waals surface area contributed by atoms with Crippen LogP contribution in [0.25, 0.3) is 0 Å². The van der Waals surface area contributed by atoms with Gasteiger partial charge in [-0.3, -0.25) is 4.90 Å². The summed E-state index contributed by atoms with van der Waals surface area (Å²) >= 11 is 0. The molecule has 1 aliphatic heterocycles. The fourth-order valence-corrected chi connectivity index (χ4v) is 3.80. The number of hydrogen-bond acceptors (Lipinski definition) is 8. The van der Waals surface area contributed by atoms with E-state index in [-0.39, 0.29) is 28.4 Å². The Hall–Kier alpha value is -4.32. The molecule has 8 nitrogen and oxygen atoms in total. The van der Waals surface area contributed by atoms with Gasteiger partial charge in [0.25, 0.3) is 0 Å². The van der Waals surface area contributed by atoms with E-state index in [1.807, 2.05) is 6.07 Å². The zero-order chi connectivity index (χ0) is 24.3. The summed E-state index contributed by atoms with van der Waals surface area (Å²) in [4.78, 5) is 27.0. The average Bonchev–Trinajstić information content (AvgIpc) is 2.83. The van der Waals surface area contributed by atoms with Crippen LogP contribution in [-0.4, -0.2) is 33.3 Å². The van der Waals surface area contributed by atoms with Crippen molar-refractivity contribution in [3.63, 3.8) is 0 Å². The molecule has 3 rings (SSSR count). The van der Waals surface area contributed by atoms with E-state index in [9.17, 15) is 14.9 Å². The SMILES string of the molecule is COC(=O)C1=C(C(=O)OC)N(c2cc(OC)c(C)cc2F)C(N)=C(C#N)C1c1ccccc1. The molecular weight excluding hydrogens is 429 g/mol. The van der Waals surface area contributed by atoms with Crippen LogP contribution in [0.4, 0.5) is 10.1 Å². The van der Waals surface area contributed by atoms with Gasteiger partial charge in [-0.2, -0.15) is 5.26 Å². The number of nitrogens with two attached hydrogens (primary N) is 1. The molecule has 1 atom stereocenters. The highest BCUT2D eigenvalue weighted by Gasteiger charge is 2.43. The number of esters is 2. The number of halogens is 1. The topological polar surface area (TPSA) is 115 Å². The second-order valence-electron chi connectivity index (χ2n) is 7.11. The summed E-state index contributed by atoms with van der Waals surface area (Å²) in [6, 6.07) is 13.1. The molecule has 0 bridgehead atoms. The molecule has 33 heavy (non-hydrogen) atoms. The van der Waals surface area contributed by atoms with Gasteiger partial charge in [0.15, 0.2) is 0 Å². The van der Waals surface area contributed by atoms with Crippen LogP contribution in [0, 0.1) is 24.1 Å². The fourth-order valence-electron chi connectivity index (χ4n) is 3.80. The van der Waals surface area contributed by atoms with Gasteiger partial charge in [-0.25, -0.2) is 14.0 Å². The first-order valence-electron chi connectivity index (χ1n) is 9.80. The number of carbonyl (C=O) groups excluding carboxylic acids is 2. The van der Waals surface area contributed by atoms with Crippen molar-refractivity contribution in [3.8, 4) is 11.8 Å². The third-order valence-electron chi connectivity index (χ3n) is 5.32. The Morgan fingerprint density at radius 2 is 1.73 bits per heavy atom. The lowest BCUT2D eigenvalue weighted by atomic mass is 9.81. The van der Waals surface area contributed by atoms with E-state index in [0.717, 1.165) is 19.1 Å². The predicted octanol–water partition coefficient (Wildman–Crippen LogP) is 3.04. The van der Waals surface area contributed by atoms with Crippen LogP contribution < -0.4 is 15.4 Å². The molecule has 0 spiro atoms. The first-order chi connectivity index (χ1) is 15.8. The van der Waals surface area contributed by atoms with E-state index >= 15 is 4.39 Å². The highest BCUT2D eigenvalue weighted by Crippen LogP contribution is 2.44. The summed E-state index contributed by atoms with van der Waals surface area (Å²) in [5.41, 5.74) is 6.54. The predicted molar refractivity (Wildman–Crippen MR) is 117 cm³/mol. The first-order valence-corrected chi connectivity index (χ1v) is 9.80. The maximum atomic E-state index is 15.2. The minimum absolute atomic E-state index is 0.0619. The second kappa shape index (κ2) is 9.44. The standard InChI is InChI=1S/C24H22FN3O5/c1-13-10-16(25)17(11-18(13)31-2)28-21(24(30)33-4)20(23(29)32-3)19(15(12-26)22(28)27)14-8-6-5-7-9-14/h5-11,19H,27H2,1-4H3. The van der Waals surface area contributed by atoms with E-state index in [2.05, 4.69) is 0 Å². The van der Waals surface area contributed by atoms with Crippen molar-refractivity contribution in [2.75, 3.05) is 26.2 Å². The monoisotopic (exact) mass is 451 g/mol. The summed E-state index contributed by atoms with van der Waals surface area (Å²) in [7, 11) is 3.66. The maximum absolute atomic E-state index is 15.2. The van der Waals surface area contributed by atoms with E-state index in [4.69, 9.17) is 19.9 Å². The van der Waals surface area contributed by atoms with Gasteiger partial charge in [-0.1, -0.05) is 30.3 Å². The van der Waals surface area contributed by atoms with Crippen LogP contribution in [0.5, 0.6) is 5.75 Å². The van der Waals surface area contributed by atoms with Gasteiger partial charge in [-0.15, -0.1) is 0 Å². The molecule has 1 unspecified atom stereocenters. The highest BCUT2D eigenvalue weighted by molar-refractivity contribution is 6.06. The number of hydrogen-bond donors (Lipinski definition) is 1. The lowest BCUT2D eigenvalue weighted by Gasteiger charge is -2.36. The van der Waals surface area contributed by atoms with Crippen LogP contribution in [0.3, 0.4) is 0 Å². The molecule has 1 aliphatic rings. The number of carbonyl (C=O) groups is 2. The summed E-state index contributed by atoms with van der Waals surface area (Å²) < 4.78 is 30.3. The Kier molecular flexibility index (Phi) is 6.68. The van der Waals surface area contributed by atoms with Crippen molar-refractivity contribution in [2.24, 2.45) is 5.73 Å². The van der Waals surface area contributed by atoms with Gasteiger partial charge in [0.2, 0.25) is 0 Å². The van der Waals surface area contributed by atoms with Gasteiger partial charge in [-0.05, 0) is 24.1 Å². The molecule has 2 aromatic rings. The maximum Gasteiger partial charge on any atom is 0.355 e. The molecule has 1 heterocycles. The smallest absolute Gasteiger partial charge is 0.355 e. The van der Waals surface area contributed by atoms with Crippen molar-refractivity contribution >= 4 is 17.6 Å². The van der Waals surface area contributed by atoms with E-state index < -0.39 is 23.7 Å². The summed E-state index contributed by atoms with van der Waals surface area (Å²) in [5.74, 6) is -3.57. The molecule has 2 N–H and O–H groups in total. The molecule has 0 aliphatic carbocycles. The first kappa shape index (κ1) is 23.3. The lowest BCUT2D eigenvalue weighted by molar-refractivity contribution is -0.139. The number of aryl methyl sites for hydroxylation is 1. The zero-order valence-electron chi connectivity index (χ0n) is 18.5. The van der Waals surface area contributed by atoms with Crippen LogP contribution in [-0.2, 0) is 19.1 Å². The van der Waals surface area contributed by atoms with Crippen LogP contribution in [0.15, 0.2) is 65.1 Å². The van der Waals surface area contributed by atoms with Crippen LogP contribution >= 0.6 is 0 Å². The largest absolute Gasteiger partial charge is 0.496 e. The number of allylic oxidation sites excluding steroid dienone is 1. The molecule has 0 saturated carbocycles. The molecule has 0 aromatic heterocycles. The van der Waals surface area contributed by atoms with Crippen LogP contribution in [0.2, 0.25) is 0 Å². The van der Waals surface area contributed by atoms with Gasteiger partial charge in [0.05, 0.1) is 50.2 Å². The Labute approximate surface area is 190 Å². The third-order valence-corrected chi connectivity index (χ3v) is 5.32. The lowest BCUT2D eigenvalue weighted by Crippen LogP contribution is -2.41. The molecule has 0 saturated heterocycles. The summed E-state index contributed by atoms with van der Waals surface area (Å²) in [6.07, 6.45) is 0. The fraction of sp³-hybridized carbons (Fsp3) is 0.208. The molecule has 2 aromatic carbocycles. The van der Waals surface area contributed by atoms with Crippen molar-refractivity contribution in [2.45, 2.75) is 12.8 Å². The Morgan fingerprint density at radius 1 is 1.09 bits per heavy atom. The van der Waals surface area contributed by atoms with Gasteiger partial charge < -0.3 is 19.9 Å². The molecule has 0 amide bonds. The van der Waals surface area contributed by atoms with Crippen molar-refractivity contribution < 1.29 is 28.2 Å². The number of ether oxygens (including phenoxy) is 3. The van der Waals surface area contributed by atoms with Crippen molar-refractivity contribution in [1.82, 2.24) is 0 Å². The summed E-state index contributed by atoms with van der Waals surface area (Å²) in [6.45, 7) is 1.64. The molecule has 170 valence electrons. The van der Waals surface area contributed by atoms with Crippen molar-refractivity contribution in [3.05, 3.63) is 82.1 Å². The Bertz CT molecular complexity index is 1210. The molecular formula is C24H22FN3O5. The van der Waals surface area contributed by atoms with Crippen LogP contribution in [0.1, 0.15) is 17.0 Å². The Balaban J connectivity index is 2.46. The van der Waals surface area contributed by atoms with E-state index in [0.29, 0.717) is 16.9 Å². The van der Waals surface area contributed by atoms with Gasteiger partial charge in [0.1, 0.15) is 23.1 Å². The minimum Gasteiger partial charge on any atom is -0.496 e. The Morgan fingerprint density at radius 3 is 2.27 bits per heavy atom. The highest BCUT2D eigenvalue weighted by atomic mass is 19.1.